The molecule has 0 aliphatic rings. The molecule has 1 heterocycles. The molecule has 3 aromatic carbocycles. The lowest BCUT2D eigenvalue weighted by molar-refractivity contribution is 0.102. The van der Waals surface area contributed by atoms with Crippen molar-refractivity contribution >= 4 is 22.7 Å². The number of ether oxygens (including phenoxy) is 2. The molecule has 4 rings (SSSR count). The molecule has 0 saturated carbocycles. The van der Waals surface area contributed by atoms with E-state index >= 15 is 0 Å². The van der Waals surface area contributed by atoms with E-state index in [1.165, 1.54) is 0 Å². The molecule has 1 aromatic heterocycles. The second-order valence-corrected chi connectivity index (χ2v) is 6.12. The summed E-state index contributed by atoms with van der Waals surface area (Å²) in [7, 11) is 3.08. The van der Waals surface area contributed by atoms with Gasteiger partial charge in [-0.05, 0) is 42.5 Å². The Morgan fingerprint density at radius 2 is 1.68 bits per heavy atom. The first-order valence-corrected chi connectivity index (χ1v) is 8.67. The first-order valence-electron chi connectivity index (χ1n) is 8.67. The van der Waals surface area contributed by atoms with Crippen LogP contribution in [0.4, 0.5) is 5.69 Å². The molecule has 6 nitrogen and oxygen atoms in total. The molecule has 0 radical (unpaired) electrons. The Bertz CT molecular complexity index is 1090. The fourth-order valence-electron chi connectivity index (χ4n) is 2.87. The Kier molecular flexibility index (Phi) is 4.68. The normalized spacial score (nSPS) is 10.6. The van der Waals surface area contributed by atoms with E-state index in [-0.39, 0.29) is 5.91 Å². The average Bonchev–Trinajstić information content (AvgIpc) is 3.18. The van der Waals surface area contributed by atoms with Crippen LogP contribution in [0.15, 0.2) is 71.1 Å². The molecule has 0 bridgehead atoms. The minimum atomic E-state index is -0.271. The standard InChI is InChI=1S/C22H18N2O4/c1-26-17-11-15(12-18(13-17)27-2)21(25)23-16-7-5-6-14(10-16)22-24-19-8-3-4-9-20(19)28-22/h3-13H,1-2H3,(H,23,25). The molecule has 6 heteroatoms. The lowest BCUT2D eigenvalue weighted by Crippen LogP contribution is -2.12. The van der Waals surface area contributed by atoms with Crippen molar-refractivity contribution in [3.05, 3.63) is 72.3 Å². The number of hydrogen-bond donors (Lipinski definition) is 1. The van der Waals surface area contributed by atoms with Gasteiger partial charge in [-0.1, -0.05) is 18.2 Å². The van der Waals surface area contributed by atoms with Gasteiger partial charge < -0.3 is 19.2 Å². The zero-order valence-corrected chi connectivity index (χ0v) is 15.4. The van der Waals surface area contributed by atoms with E-state index in [1.807, 2.05) is 48.5 Å². The molecular formula is C22H18N2O4. The Morgan fingerprint density at radius 3 is 2.39 bits per heavy atom. The molecule has 0 aliphatic carbocycles. The zero-order chi connectivity index (χ0) is 19.5. The van der Waals surface area contributed by atoms with Crippen LogP contribution in [-0.4, -0.2) is 25.1 Å². The number of oxazole rings is 1. The van der Waals surface area contributed by atoms with Gasteiger partial charge in [0.15, 0.2) is 5.58 Å². The second kappa shape index (κ2) is 7.44. The highest BCUT2D eigenvalue weighted by molar-refractivity contribution is 6.05. The van der Waals surface area contributed by atoms with Crippen molar-refractivity contribution in [2.24, 2.45) is 0 Å². The van der Waals surface area contributed by atoms with Crippen LogP contribution in [0.3, 0.4) is 0 Å². The van der Waals surface area contributed by atoms with E-state index in [1.54, 1.807) is 32.4 Å². The van der Waals surface area contributed by atoms with E-state index in [0.29, 0.717) is 28.6 Å². The predicted molar refractivity (Wildman–Crippen MR) is 107 cm³/mol. The number of para-hydroxylation sites is 2. The first kappa shape index (κ1) is 17.6. The van der Waals surface area contributed by atoms with Gasteiger partial charge in [-0.3, -0.25) is 4.79 Å². The van der Waals surface area contributed by atoms with Crippen molar-refractivity contribution in [3.8, 4) is 23.0 Å². The maximum Gasteiger partial charge on any atom is 0.255 e. The third-order valence-electron chi connectivity index (χ3n) is 4.27. The maximum atomic E-state index is 12.7. The van der Waals surface area contributed by atoms with Gasteiger partial charge in [0.25, 0.3) is 5.91 Å². The smallest absolute Gasteiger partial charge is 0.255 e. The van der Waals surface area contributed by atoms with Crippen LogP contribution in [0, 0.1) is 0 Å². The van der Waals surface area contributed by atoms with Crippen molar-refractivity contribution in [1.29, 1.82) is 0 Å². The fraction of sp³-hybridized carbons (Fsp3) is 0.0909. The van der Waals surface area contributed by atoms with Gasteiger partial charge in [0, 0.05) is 22.9 Å². The Balaban J connectivity index is 1.60. The molecular weight excluding hydrogens is 356 g/mol. The van der Waals surface area contributed by atoms with Crippen molar-refractivity contribution in [2.75, 3.05) is 19.5 Å². The Labute approximate surface area is 161 Å². The molecule has 140 valence electrons. The maximum absolute atomic E-state index is 12.7. The number of rotatable bonds is 5. The molecule has 0 saturated heterocycles. The van der Waals surface area contributed by atoms with E-state index in [2.05, 4.69) is 10.3 Å². The number of nitrogens with one attached hydrogen (secondary N) is 1. The first-order chi connectivity index (χ1) is 13.7. The largest absolute Gasteiger partial charge is 0.497 e. The number of hydrogen-bond acceptors (Lipinski definition) is 5. The van der Waals surface area contributed by atoms with Crippen LogP contribution in [0.2, 0.25) is 0 Å². The number of nitrogens with zero attached hydrogens (tertiary/aromatic N) is 1. The monoisotopic (exact) mass is 374 g/mol. The van der Waals surface area contributed by atoms with Gasteiger partial charge in [0.2, 0.25) is 5.89 Å². The lowest BCUT2D eigenvalue weighted by Gasteiger charge is -2.10. The zero-order valence-electron chi connectivity index (χ0n) is 15.4. The minimum absolute atomic E-state index is 0.271. The summed E-state index contributed by atoms with van der Waals surface area (Å²) < 4.78 is 16.2. The number of aromatic nitrogens is 1. The number of anilines is 1. The number of fused-ring (bicyclic) bond motifs is 1. The quantitative estimate of drug-likeness (QED) is 0.545. The average molecular weight is 374 g/mol. The number of amides is 1. The van der Waals surface area contributed by atoms with Gasteiger partial charge >= 0.3 is 0 Å². The van der Waals surface area contributed by atoms with Gasteiger partial charge in [-0.15, -0.1) is 0 Å². The molecule has 28 heavy (non-hydrogen) atoms. The Hall–Kier alpha value is -3.80. The second-order valence-electron chi connectivity index (χ2n) is 6.12. The minimum Gasteiger partial charge on any atom is -0.497 e. The van der Waals surface area contributed by atoms with Gasteiger partial charge in [-0.25, -0.2) is 4.98 Å². The van der Waals surface area contributed by atoms with Crippen LogP contribution < -0.4 is 14.8 Å². The summed E-state index contributed by atoms with van der Waals surface area (Å²) >= 11 is 0. The van der Waals surface area contributed by atoms with Crippen LogP contribution in [0.25, 0.3) is 22.6 Å². The van der Waals surface area contributed by atoms with Crippen molar-refractivity contribution in [2.45, 2.75) is 0 Å². The highest BCUT2D eigenvalue weighted by Gasteiger charge is 2.12. The number of carbonyl (C=O) groups is 1. The van der Waals surface area contributed by atoms with Crippen LogP contribution >= 0.6 is 0 Å². The molecule has 1 amide bonds. The van der Waals surface area contributed by atoms with E-state index in [4.69, 9.17) is 13.9 Å². The third-order valence-corrected chi connectivity index (χ3v) is 4.27. The summed E-state index contributed by atoms with van der Waals surface area (Å²) in [5, 5.41) is 2.89. The molecule has 0 fully saturated rings. The van der Waals surface area contributed by atoms with Gasteiger partial charge in [0.1, 0.15) is 17.0 Å². The van der Waals surface area contributed by atoms with Crippen molar-refractivity contribution < 1.29 is 18.7 Å². The van der Waals surface area contributed by atoms with Gasteiger partial charge in [-0.2, -0.15) is 0 Å². The molecule has 1 N–H and O–H groups in total. The summed E-state index contributed by atoms with van der Waals surface area (Å²) in [6.07, 6.45) is 0. The topological polar surface area (TPSA) is 73.6 Å². The summed E-state index contributed by atoms with van der Waals surface area (Å²) in [4.78, 5) is 17.2. The van der Waals surface area contributed by atoms with Gasteiger partial charge in [0.05, 0.1) is 14.2 Å². The predicted octanol–water partition coefficient (Wildman–Crippen LogP) is 4.76. The summed E-state index contributed by atoms with van der Waals surface area (Å²) in [6, 6.07) is 19.9. The van der Waals surface area contributed by atoms with Crippen LogP contribution in [0.1, 0.15) is 10.4 Å². The summed E-state index contributed by atoms with van der Waals surface area (Å²) in [5.41, 5.74) is 3.35. The highest BCUT2D eigenvalue weighted by Crippen LogP contribution is 2.27. The molecule has 0 unspecified atom stereocenters. The fourth-order valence-corrected chi connectivity index (χ4v) is 2.87. The van der Waals surface area contributed by atoms with Crippen molar-refractivity contribution in [1.82, 2.24) is 4.98 Å². The van der Waals surface area contributed by atoms with Crippen LogP contribution in [0.5, 0.6) is 11.5 Å². The van der Waals surface area contributed by atoms with Crippen molar-refractivity contribution in [3.63, 3.8) is 0 Å². The molecule has 0 aliphatic heterocycles. The molecule has 0 spiro atoms. The number of methoxy groups -OCH3 is 2. The summed E-state index contributed by atoms with van der Waals surface area (Å²) in [5.74, 6) is 1.32. The third kappa shape index (κ3) is 3.53. The number of benzene rings is 3. The van der Waals surface area contributed by atoms with E-state index < -0.39 is 0 Å². The number of carbonyl (C=O) groups excluding carboxylic acids is 1. The molecule has 4 aromatic rings. The highest BCUT2D eigenvalue weighted by atomic mass is 16.5. The molecule has 0 atom stereocenters. The lowest BCUT2D eigenvalue weighted by atomic mass is 10.1. The van der Waals surface area contributed by atoms with E-state index in [0.717, 1.165) is 16.7 Å². The van der Waals surface area contributed by atoms with E-state index in [9.17, 15) is 4.79 Å². The van der Waals surface area contributed by atoms with Crippen LogP contribution in [-0.2, 0) is 0 Å². The Morgan fingerprint density at radius 1 is 0.929 bits per heavy atom. The summed E-state index contributed by atoms with van der Waals surface area (Å²) in [6.45, 7) is 0. The SMILES string of the molecule is COc1cc(OC)cc(C(=O)Nc2cccc(-c3nc4ccccc4o3)c2)c1.